The number of halogens is 1. The summed E-state index contributed by atoms with van der Waals surface area (Å²) >= 11 is 7.47. The average Bonchev–Trinajstić information content (AvgIpc) is 3.04. The molecule has 1 amide bonds. The molecule has 21 heavy (non-hydrogen) atoms. The molecule has 3 N–H and O–H groups in total. The third kappa shape index (κ3) is 2.48. The Morgan fingerprint density at radius 2 is 2.33 bits per heavy atom. The van der Waals surface area contributed by atoms with Crippen LogP contribution >= 0.6 is 22.9 Å². The predicted octanol–water partition coefficient (Wildman–Crippen LogP) is 3.61. The number of fused-ring (bicyclic) bond motifs is 1. The van der Waals surface area contributed by atoms with Gasteiger partial charge in [0, 0.05) is 22.8 Å². The Morgan fingerprint density at radius 1 is 1.52 bits per heavy atom. The van der Waals surface area contributed by atoms with Crippen LogP contribution in [0.2, 0.25) is 5.02 Å². The first-order chi connectivity index (χ1) is 10.1. The molecule has 0 atom stereocenters. The fourth-order valence-corrected chi connectivity index (χ4v) is 3.46. The van der Waals surface area contributed by atoms with Gasteiger partial charge in [-0.3, -0.25) is 9.48 Å². The van der Waals surface area contributed by atoms with Gasteiger partial charge in [-0.25, -0.2) is 0 Å². The number of thiophene rings is 1. The van der Waals surface area contributed by atoms with Gasteiger partial charge in [-0.15, -0.1) is 11.3 Å². The summed E-state index contributed by atoms with van der Waals surface area (Å²) in [4.78, 5) is 12.8. The van der Waals surface area contributed by atoms with Crippen molar-refractivity contribution in [3.63, 3.8) is 0 Å². The van der Waals surface area contributed by atoms with E-state index in [0.29, 0.717) is 21.3 Å². The minimum atomic E-state index is -0.250. The summed E-state index contributed by atoms with van der Waals surface area (Å²) in [7, 11) is 0. The first-order valence-electron chi connectivity index (χ1n) is 6.40. The molecular weight excluding hydrogens is 308 g/mol. The van der Waals surface area contributed by atoms with Crippen LogP contribution in [0.4, 0.5) is 11.4 Å². The van der Waals surface area contributed by atoms with Crippen molar-refractivity contribution in [2.45, 2.75) is 13.5 Å². The molecule has 0 spiro atoms. The van der Waals surface area contributed by atoms with Crippen LogP contribution in [0.5, 0.6) is 0 Å². The molecule has 0 saturated heterocycles. The fourth-order valence-electron chi connectivity index (χ4n) is 2.09. The van der Waals surface area contributed by atoms with E-state index in [9.17, 15) is 4.79 Å². The third-order valence-electron chi connectivity index (χ3n) is 3.12. The minimum absolute atomic E-state index is 0.250. The Hall–Kier alpha value is -2.05. The number of hydrogen-bond donors (Lipinski definition) is 2. The summed E-state index contributed by atoms with van der Waals surface area (Å²) < 4.78 is 2.63. The van der Waals surface area contributed by atoms with E-state index >= 15 is 0 Å². The molecule has 7 heteroatoms. The molecule has 0 aliphatic heterocycles. The quantitative estimate of drug-likeness (QED) is 0.774. The maximum atomic E-state index is 12.4. The van der Waals surface area contributed by atoms with E-state index < -0.39 is 0 Å². The first kappa shape index (κ1) is 13.9. The number of nitrogen functional groups attached to an aromatic ring is 1. The summed E-state index contributed by atoms with van der Waals surface area (Å²) in [5.74, 6) is -0.250. The lowest BCUT2D eigenvalue weighted by Gasteiger charge is -2.01. The summed E-state index contributed by atoms with van der Waals surface area (Å²) in [5.41, 5.74) is 7.13. The number of benzene rings is 1. The number of amides is 1. The molecule has 2 heterocycles. The highest BCUT2D eigenvalue weighted by atomic mass is 35.5. The Balaban J connectivity index is 1.94. The molecule has 0 aliphatic rings. The van der Waals surface area contributed by atoms with Crippen molar-refractivity contribution in [1.29, 1.82) is 0 Å². The minimum Gasteiger partial charge on any atom is -0.397 e. The second kappa shape index (κ2) is 5.38. The molecule has 0 unspecified atom stereocenters. The van der Waals surface area contributed by atoms with Crippen LogP contribution in [0, 0.1) is 0 Å². The van der Waals surface area contributed by atoms with Crippen molar-refractivity contribution in [3.8, 4) is 0 Å². The van der Waals surface area contributed by atoms with Crippen molar-refractivity contribution in [2.75, 3.05) is 11.1 Å². The summed E-state index contributed by atoms with van der Waals surface area (Å²) in [5, 5.41) is 8.20. The number of hydrogen-bond acceptors (Lipinski definition) is 4. The van der Waals surface area contributed by atoms with Gasteiger partial charge in [0.1, 0.15) is 4.88 Å². The Labute approximate surface area is 130 Å². The van der Waals surface area contributed by atoms with Crippen LogP contribution in [0.3, 0.4) is 0 Å². The van der Waals surface area contributed by atoms with Gasteiger partial charge in [-0.2, -0.15) is 5.10 Å². The number of aromatic nitrogens is 2. The van der Waals surface area contributed by atoms with Gasteiger partial charge in [0.25, 0.3) is 5.91 Å². The molecule has 0 fully saturated rings. The SMILES string of the molecule is CCn1cc(NC(=O)c2sc3cccc(Cl)c3c2N)cn1. The number of rotatable bonds is 3. The van der Waals surface area contributed by atoms with Crippen molar-refractivity contribution in [2.24, 2.45) is 0 Å². The topological polar surface area (TPSA) is 72.9 Å². The highest BCUT2D eigenvalue weighted by Crippen LogP contribution is 2.38. The number of carbonyl (C=O) groups excluding carboxylic acids is 1. The smallest absolute Gasteiger partial charge is 0.267 e. The zero-order chi connectivity index (χ0) is 15.0. The monoisotopic (exact) mass is 320 g/mol. The Morgan fingerprint density at radius 3 is 3.00 bits per heavy atom. The molecule has 0 aliphatic carbocycles. The lowest BCUT2D eigenvalue weighted by Crippen LogP contribution is -2.11. The zero-order valence-electron chi connectivity index (χ0n) is 11.3. The molecule has 2 aromatic heterocycles. The summed E-state index contributed by atoms with van der Waals surface area (Å²) in [6, 6.07) is 5.50. The first-order valence-corrected chi connectivity index (χ1v) is 7.60. The number of anilines is 2. The van der Waals surface area contributed by atoms with Crippen LogP contribution < -0.4 is 11.1 Å². The number of nitrogens with one attached hydrogen (secondary N) is 1. The van der Waals surface area contributed by atoms with Crippen LogP contribution in [0.15, 0.2) is 30.6 Å². The molecule has 0 saturated carbocycles. The maximum absolute atomic E-state index is 12.4. The molecule has 3 aromatic rings. The van der Waals surface area contributed by atoms with Crippen LogP contribution in [0.1, 0.15) is 16.6 Å². The van der Waals surface area contributed by atoms with Crippen molar-refractivity contribution < 1.29 is 4.79 Å². The van der Waals surface area contributed by atoms with E-state index in [1.54, 1.807) is 23.1 Å². The maximum Gasteiger partial charge on any atom is 0.267 e. The zero-order valence-corrected chi connectivity index (χ0v) is 12.8. The van der Waals surface area contributed by atoms with E-state index in [4.69, 9.17) is 17.3 Å². The number of aryl methyl sites for hydroxylation is 1. The van der Waals surface area contributed by atoms with E-state index in [0.717, 1.165) is 16.6 Å². The van der Waals surface area contributed by atoms with Gasteiger partial charge >= 0.3 is 0 Å². The molecule has 0 radical (unpaired) electrons. The largest absolute Gasteiger partial charge is 0.397 e. The molecule has 1 aromatic carbocycles. The highest BCUT2D eigenvalue weighted by molar-refractivity contribution is 7.21. The third-order valence-corrected chi connectivity index (χ3v) is 4.61. The van der Waals surface area contributed by atoms with Gasteiger partial charge < -0.3 is 11.1 Å². The fraction of sp³-hybridized carbons (Fsp3) is 0.143. The Kier molecular flexibility index (Phi) is 3.57. The van der Waals surface area contributed by atoms with E-state index in [1.807, 2.05) is 19.1 Å². The van der Waals surface area contributed by atoms with Gasteiger partial charge in [0.05, 0.1) is 22.6 Å². The molecule has 5 nitrogen and oxygen atoms in total. The normalized spacial score (nSPS) is 11.0. The summed E-state index contributed by atoms with van der Waals surface area (Å²) in [6.07, 6.45) is 3.38. The van der Waals surface area contributed by atoms with Crippen LogP contribution in [0.25, 0.3) is 10.1 Å². The lowest BCUT2D eigenvalue weighted by molar-refractivity contribution is 0.103. The molecule has 108 valence electrons. The van der Waals surface area contributed by atoms with Gasteiger partial charge in [-0.05, 0) is 19.1 Å². The van der Waals surface area contributed by atoms with Gasteiger partial charge in [0.2, 0.25) is 0 Å². The Bertz CT molecular complexity index is 824. The average molecular weight is 321 g/mol. The second-order valence-electron chi connectivity index (χ2n) is 4.50. The van der Waals surface area contributed by atoms with Crippen molar-refractivity contribution in [3.05, 3.63) is 40.5 Å². The van der Waals surface area contributed by atoms with E-state index in [1.165, 1.54) is 11.3 Å². The molecule has 0 bridgehead atoms. The van der Waals surface area contributed by atoms with Crippen LogP contribution in [-0.2, 0) is 6.54 Å². The van der Waals surface area contributed by atoms with E-state index in [2.05, 4.69) is 10.4 Å². The molecule has 3 rings (SSSR count). The van der Waals surface area contributed by atoms with Crippen molar-refractivity contribution >= 4 is 50.3 Å². The van der Waals surface area contributed by atoms with Crippen molar-refractivity contribution in [1.82, 2.24) is 9.78 Å². The highest BCUT2D eigenvalue weighted by Gasteiger charge is 2.18. The van der Waals surface area contributed by atoms with E-state index in [-0.39, 0.29) is 5.91 Å². The molecular formula is C14H13ClN4OS. The van der Waals surface area contributed by atoms with Crippen LogP contribution in [-0.4, -0.2) is 15.7 Å². The number of nitrogens with zero attached hydrogens (tertiary/aromatic N) is 2. The lowest BCUT2D eigenvalue weighted by atomic mass is 10.2. The summed E-state index contributed by atoms with van der Waals surface area (Å²) in [6.45, 7) is 2.72. The number of nitrogens with two attached hydrogens (primary N) is 1. The van der Waals surface area contributed by atoms with Gasteiger partial charge in [-0.1, -0.05) is 17.7 Å². The number of carbonyl (C=O) groups is 1. The standard InChI is InChI=1S/C14H13ClN4OS/c1-2-19-7-8(6-17-19)18-14(20)13-12(16)11-9(15)4-3-5-10(11)21-13/h3-7H,2,16H2,1H3,(H,18,20). The van der Waals surface area contributed by atoms with Gasteiger partial charge in [0.15, 0.2) is 0 Å². The predicted molar refractivity (Wildman–Crippen MR) is 87.1 cm³/mol. The second-order valence-corrected chi connectivity index (χ2v) is 5.96.